The van der Waals surface area contributed by atoms with E-state index < -0.39 is 12.0 Å². The number of rotatable bonds is 6. The van der Waals surface area contributed by atoms with Crippen LogP contribution in [-0.4, -0.2) is 35.1 Å². The normalized spacial score (nSPS) is 26.7. The molecule has 4 atom stereocenters. The van der Waals surface area contributed by atoms with E-state index in [9.17, 15) is 14.7 Å². The second-order valence-corrected chi connectivity index (χ2v) is 7.11. The summed E-state index contributed by atoms with van der Waals surface area (Å²) < 4.78 is 0. The molecule has 4 unspecified atom stereocenters. The van der Waals surface area contributed by atoms with Crippen LogP contribution in [0.3, 0.4) is 0 Å². The predicted octanol–water partition coefficient (Wildman–Crippen LogP) is 1.71. The molecular weight excluding hydrogens is 318 g/mol. The molecule has 0 radical (unpaired) electrons. The molecule has 0 saturated carbocycles. The molecule has 1 heterocycles. The number of aliphatic carboxylic acids is 1. The van der Waals surface area contributed by atoms with Crippen LogP contribution in [0.1, 0.15) is 56.1 Å². The fourth-order valence-electron chi connectivity index (χ4n) is 3.94. The Morgan fingerprint density at radius 1 is 1.32 bits per heavy atom. The highest BCUT2D eigenvalue weighted by molar-refractivity contribution is 5.87. The molecule has 0 bridgehead atoms. The maximum absolute atomic E-state index is 12.4. The summed E-state index contributed by atoms with van der Waals surface area (Å²) in [5.74, 6) is -1.02. The van der Waals surface area contributed by atoms with Crippen molar-refractivity contribution in [2.75, 3.05) is 0 Å². The van der Waals surface area contributed by atoms with Gasteiger partial charge in [0, 0.05) is 6.04 Å². The lowest BCUT2D eigenvalue weighted by Crippen LogP contribution is -2.50. The van der Waals surface area contributed by atoms with E-state index in [1.165, 1.54) is 11.1 Å². The van der Waals surface area contributed by atoms with Crippen LogP contribution >= 0.6 is 0 Å². The van der Waals surface area contributed by atoms with Gasteiger partial charge in [0.1, 0.15) is 12.1 Å². The Morgan fingerprint density at radius 2 is 2.12 bits per heavy atom. The van der Waals surface area contributed by atoms with Gasteiger partial charge in [0.15, 0.2) is 0 Å². The predicted molar refractivity (Wildman–Crippen MR) is 95.1 cm³/mol. The average molecular weight is 345 g/mol. The van der Waals surface area contributed by atoms with E-state index in [1.54, 1.807) is 0 Å². The molecule has 6 nitrogen and oxygen atoms in total. The SMILES string of the molecule is CCC1CC(C(=O)NC(CC2CCCc3ccccc32)C(=O)O)NN1. The lowest BCUT2D eigenvalue weighted by Gasteiger charge is -2.28. The third-order valence-corrected chi connectivity index (χ3v) is 5.42. The summed E-state index contributed by atoms with van der Waals surface area (Å²) in [6.45, 7) is 2.06. The first-order chi connectivity index (χ1) is 12.1. The van der Waals surface area contributed by atoms with E-state index in [1.807, 2.05) is 12.1 Å². The molecule has 1 aromatic carbocycles. The van der Waals surface area contributed by atoms with E-state index in [-0.39, 0.29) is 23.9 Å². The van der Waals surface area contributed by atoms with Crippen LogP contribution in [0.15, 0.2) is 24.3 Å². The van der Waals surface area contributed by atoms with Gasteiger partial charge in [0.05, 0.1) is 0 Å². The van der Waals surface area contributed by atoms with Gasteiger partial charge in [-0.25, -0.2) is 10.2 Å². The van der Waals surface area contributed by atoms with Gasteiger partial charge < -0.3 is 10.4 Å². The Bertz CT molecular complexity index is 634. The first-order valence-corrected chi connectivity index (χ1v) is 9.20. The molecule has 136 valence electrons. The number of aryl methyl sites for hydroxylation is 1. The van der Waals surface area contributed by atoms with E-state index in [2.05, 4.69) is 35.2 Å². The molecule has 25 heavy (non-hydrogen) atoms. The van der Waals surface area contributed by atoms with Gasteiger partial charge in [-0.2, -0.15) is 0 Å². The molecule has 4 N–H and O–H groups in total. The summed E-state index contributed by atoms with van der Waals surface area (Å²) in [6.07, 6.45) is 5.13. The summed E-state index contributed by atoms with van der Waals surface area (Å²) in [6, 6.07) is 7.27. The largest absolute Gasteiger partial charge is 0.480 e. The van der Waals surface area contributed by atoms with Crippen molar-refractivity contribution in [1.29, 1.82) is 0 Å². The van der Waals surface area contributed by atoms with Crippen molar-refractivity contribution < 1.29 is 14.7 Å². The van der Waals surface area contributed by atoms with Crippen molar-refractivity contribution >= 4 is 11.9 Å². The Morgan fingerprint density at radius 3 is 2.84 bits per heavy atom. The van der Waals surface area contributed by atoms with Crippen LogP contribution in [0.4, 0.5) is 0 Å². The van der Waals surface area contributed by atoms with Crippen molar-refractivity contribution in [2.24, 2.45) is 0 Å². The molecule has 0 aromatic heterocycles. The number of hydrazine groups is 1. The van der Waals surface area contributed by atoms with Gasteiger partial charge in [0.2, 0.25) is 5.91 Å². The first-order valence-electron chi connectivity index (χ1n) is 9.20. The monoisotopic (exact) mass is 345 g/mol. The van der Waals surface area contributed by atoms with Crippen LogP contribution in [0.5, 0.6) is 0 Å². The summed E-state index contributed by atoms with van der Waals surface area (Å²) >= 11 is 0. The van der Waals surface area contributed by atoms with Gasteiger partial charge in [-0.05, 0) is 55.6 Å². The maximum atomic E-state index is 12.4. The minimum Gasteiger partial charge on any atom is -0.480 e. The lowest BCUT2D eigenvalue weighted by molar-refractivity contribution is -0.142. The molecule has 1 amide bonds. The van der Waals surface area contributed by atoms with E-state index in [0.29, 0.717) is 12.8 Å². The number of carbonyl (C=O) groups excluding carboxylic acids is 1. The van der Waals surface area contributed by atoms with Gasteiger partial charge >= 0.3 is 5.97 Å². The quantitative estimate of drug-likeness (QED) is 0.630. The number of amides is 1. The van der Waals surface area contributed by atoms with Crippen LogP contribution < -0.4 is 16.2 Å². The Kier molecular flexibility index (Phi) is 5.71. The lowest BCUT2D eigenvalue weighted by atomic mass is 9.79. The smallest absolute Gasteiger partial charge is 0.326 e. The van der Waals surface area contributed by atoms with Crippen molar-refractivity contribution in [1.82, 2.24) is 16.2 Å². The molecule has 6 heteroatoms. The zero-order valence-electron chi connectivity index (χ0n) is 14.6. The molecule has 0 spiro atoms. The molecule has 1 fully saturated rings. The number of hydrogen-bond donors (Lipinski definition) is 4. The van der Waals surface area contributed by atoms with Crippen LogP contribution in [0.2, 0.25) is 0 Å². The van der Waals surface area contributed by atoms with E-state index >= 15 is 0 Å². The highest BCUT2D eigenvalue weighted by Crippen LogP contribution is 2.34. The van der Waals surface area contributed by atoms with Gasteiger partial charge in [-0.15, -0.1) is 0 Å². The summed E-state index contributed by atoms with van der Waals surface area (Å²) in [5, 5.41) is 12.3. The van der Waals surface area contributed by atoms with Crippen LogP contribution in [0.25, 0.3) is 0 Å². The standard InChI is InChI=1S/C19H27N3O3/c1-2-14-11-16(22-21-14)18(23)20-17(19(24)25)10-13-8-5-7-12-6-3-4-9-15(12)13/h3-4,6,9,13-14,16-17,21-22H,2,5,7-8,10-11H2,1H3,(H,20,23)(H,24,25). The molecule has 1 aliphatic heterocycles. The van der Waals surface area contributed by atoms with Crippen molar-refractivity contribution in [3.63, 3.8) is 0 Å². The third kappa shape index (κ3) is 4.19. The zero-order valence-corrected chi connectivity index (χ0v) is 14.6. The van der Waals surface area contributed by atoms with Crippen molar-refractivity contribution in [3.8, 4) is 0 Å². The second-order valence-electron chi connectivity index (χ2n) is 7.11. The number of carboxylic acids is 1. The van der Waals surface area contributed by atoms with Crippen LogP contribution in [-0.2, 0) is 16.0 Å². The van der Waals surface area contributed by atoms with Gasteiger partial charge in [-0.3, -0.25) is 10.2 Å². The minimum atomic E-state index is -0.964. The fourth-order valence-corrected chi connectivity index (χ4v) is 3.94. The summed E-state index contributed by atoms with van der Waals surface area (Å²) in [5.41, 5.74) is 8.59. The Balaban J connectivity index is 1.65. The number of carboxylic acid groups (broad SMARTS) is 1. The Labute approximate surface area is 148 Å². The molecule has 3 rings (SSSR count). The highest BCUT2D eigenvalue weighted by atomic mass is 16.4. The number of benzene rings is 1. The highest BCUT2D eigenvalue weighted by Gasteiger charge is 2.33. The average Bonchev–Trinajstić information content (AvgIpc) is 3.10. The maximum Gasteiger partial charge on any atom is 0.326 e. The van der Waals surface area contributed by atoms with E-state index in [0.717, 1.165) is 25.7 Å². The molecule has 2 aliphatic rings. The van der Waals surface area contributed by atoms with Crippen LogP contribution in [0, 0.1) is 0 Å². The number of nitrogens with one attached hydrogen (secondary N) is 3. The topological polar surface area (TPSA) is 90.5 Å². The second kappa shape index (κ2) is 7.97. The summed E-state index contributed by atoms with van der Waals surface area (Å²) in [7, 11) is 0. The van der Waals surface area contributed by atoms with Crippen molar-refractivity contribution in [2.45, 2.75) is 69.5 Å². The zero-order chi connectivity index (χ0) is 17.8. The third-order valence-electron chi connectivity index (χ3n) is 5.42. The molecule has 1 aliphatic carbocycles. The molecule has 1 aromatic rings. The van der Waals surface area contributed by atoms with E-state index in [4.69, 9.17) is 0 Å². The van der Waals surface area contributed by atoms with Gasteiger partial charge in [-0.1, -0.05) is 31.2 Å². The van der Waals surface area contributed by atoms with Gasteiger partial charge in [0.25, 0.3) is 0 Å². The number of carbonyl (C=O) groups is 2. The number of hydrogen-bond acceptors (Lipinski definition) is 4. The van der Waals surface area contributed by atoms with Crippen molar-refractivity contribution in [3.05, 3.63) is 35.4 Å². The molecule has 1 saturated heterocycles. The first kappa shape index (κ1) is 17.9. The Hall–Kier alpha value is -1.92. The summed E-state index contributed by atoms with van der Waals surface area (Å²) in [4.78, 5) is 24.1. The fraction of sp³-hybridized carbons (Fsp3) is 0.579. The molecular formula is C19H27N3O3. The number of fused-ring (bicyclic) bond motifs is 1. The minimum absolute atomic E-state index is 0.185.